The fourth-order valence-electron chi connectivity index (χ4n) is 6.27. The van der Waals surface area contributed by atoms with Gasteiger partial charge in [-0.15, -0.1) is 11.3 Å². The third-order valence-electron chi connectivity index (χ3n) is 8.63. The van der Waals surface area contributed by atoms with Gasteiger partial charge in [0.05, 0.1) is 4.88 Å². The summed E-state index contributed by atoms with van der Waals surface area (Å²) in [5.74, 6) is -1.04. The van der Waals surface area contributed by atoms with Crippen LogP contribution >= 0.6 is 18.9 Å². The minimum atomic E-state index is -5.75. The molecule has 3 atom stereocenters. The molecule has 0 saturated carbocycles. The van der Waals surface area contributed by atoms with Gasteiger partial charge in [-0.05, 0) is 67.8 Å². The van der Waals surface area contributed by atoms with Gasteiger partial charge in [-0.3, -0.25) is 18.9 Å². The molecule has 2 aromatic heterocycles. The Morgan fingerprint density at radius 1 is 1.11 bits per heavy atom. The van der Waals surface area contributed by atoms with E-state index in [0.29, 0.717) is 55.6 Å². The Morgan fingerprint density at radius 3 is 2.61 bits per heavy atom. The predicted molar refractivity (Wildman–Crippen MR) is 155 cm³/mol. The van der Waals surface area contributed by atoms with Gasteiger partial charge in [-0.2, -0.15) is 14.0 Å². The van der Waals surface area contributed by atoms with Crippen LogP contribution in [-0.4, -0.2) is 73.5 Å². The number of rotatable bonds is 6. The van der Waals surface area contributed by atoms with Crippen molar-refractivity contribution in [2.75, 3.05) is 13.1 Å². The molecule has 11 nitrogen and oxygen atoms in total. The van der Waals surface area contributed by atoms with Crippen LogP contribution < -0.4 is 5.32 Å². The van der Waals surface area contributed by atoms with Gasteiger partial charge in [0.25, 0.3) is 5.91 Å². The van der Waals surface area contributed by atoms with Crippen LogP contribution in [0.2, 0.25) is 0 Å². The van der Waals surface area contributed by atoms with E-state index in [-0.39, 0.29) is 34.0 Å². The molecule has 0 spiro atoms. The summed E-state index contributed by atoms with van der Waals surface area (Å²) in [6.07, 6.45) is 2.96. The number of carbonyl (C=O) groups excluding carboxylic acids is 3. The van der Waals surface area contributed by atoms with Crippen LogP contribution in [0.5, 0.6) is 0 Å². The largest absolute Gasteiger partial charge is 0.399 e. The Hall–Kier alpha value is -3.76. The lowest BCUT2D eigenvalue weighted by atomic mass is 9.94. The van der Waals surface area contributed by atoms with E-state index in [1.54, 1.807) is 21.9 Å². The SMILES string of the molecule is N#Cc1cccc(C2CN(C(=O)[C@@H]3CC[C@@H]4CCC[C@H](NC(=O)c5cc6cc(C(F)(F)P(=O)(O)O)ccc6s5)C(=O)N43)C2)n1. The molecule has 0 radical (unpaired) electrons. The van der Waals surface area contributed by atoms with Crippen molar-refractivity contribution in [3.63, 3.8) is 0 Å². The van der Waals surface area contributed by atoms with Gasteiger partial charge in [0, 0.05) is 41.0 Å². The Balaban J connectivity index is 1.14. The van der Waals surface area contributed by atoms with E-state index >= 15 is 0 Å². The van der Waals surface area contributed by atoms with Gasteiger partial charge < -0.3 is 24.9 Å². The zero-order chi connectivity index (χ0) is 31.4. The second kappa shape index (κ2) is 11.3. The van der Waals surface area contributed by atoms with Crippen molar-refractivity contribution in [3.8, 4) is 6.07 Å². The summed E-state index contributed by atoms with van der Waals surface area (Å²) in [6, 6.07) is 10.1. The van der Waals surface area contributed by atoms with Gasteiger partial charge in [-0.1, -0.05) is 12.1 Å². The molecule has 3 saturated heterocycles. The summed E-state index contributed by atoms with van der Waals surface area (Å²) in [7, 11) is -5.75. The summed E-state index contributed by atoms with van der Waals surface area (Å²) in [6.45, 7) is 0.885. The highest BCUT2D eigenvalue weighted by atomic mass is 32.1. The van der Waals surface area contributed by atoms with E-state index in [1.165, 1.54) is 12.1 Å². The van der Waals surface area contributed by atoms with E-state index in [0.717, 1.165) is 29.2 Å². The first-order valence-corrected chi connectivity index (χ1v) is 16.6. The fraction of sp³-hybridized carbons (Fsp3) is 0.414. The standard InChI is InChI=1S/C29H28F2N5O6PS/c30-29(31,43(40,41)42)18-7-10-24-16(11-18)12-25(44-24)26(37)34-22-6-2-4-20-8-9-23(36(20)27(22)38)28(39)35-14-17(15-35)21-5-1-3-19(13-32)33-21/h1,3,5,7,10-12,17,20,22-23H,2,4,6,8-9,14-15H2,(H,34,37)(H2,40,41,42)/t20-,22-,23-/m0/s1. The molecule has 3 aliphatic heterocycles. The molecule has 5 heterocycles. The molecule has 0 unspecified atom stereocenters. The Morgan fingerprint density at radius 2 is 1.89 bits per heavy atom. The van der Waals surface area contributed by atoms with Crippen LogP contribution in [0.25, 0.3) is 10.1 Å². The molecule has 44 heavy (non-hydrogen) atoms. The van der Waals surface area contributed by atoms with Gasteiger partial charge >= 0.3 is 13.3 Å². The third kappa shape index (κ3) is 5.38. The van der Waals surface area contributed by atoms with Crippen LogP contribution in [0, 0.1) is 11.3 Å². The van der Waals surface area contributed by atoms with Crippen molar-refractivity contribution in [1.29, 1.82) is 5.26 Å². The summed E-state index contributed by atoms with van der Waals surface area (Å²) in [5, 5.41) is 12.1. The number of pyridine rings is 1. The number of benzene rings is 1. The molecule has 3 aromatic rings. The number of aromatic nitrogens is 1. The fourth-order valence-corrected chi connectivity index (χ4v) is 7.70. The number of carbonyl (C=O) groups is 3. The number of amides is 3. The maximum Gasteiger partial charge on any atom is 0.399 e. The van der Waals surface area contributed by atoms with E-state index in [4.69, 9.17) is 15.0 Å². The Bertz CT molecular complexity index is 1750. The number of hydrogen-bond donors (Lipinski definition) is 3. The zero-order valence-electron chi connectivity index (χ0n) is 23.2. The topological polar surface area (TPSA) is 164 Å². The number of hydrogen-bond acceptors (Lipinski definition) is 7. The maximum absolute atomic E-state index is 14.2. The molecule has 230 valence electrons. The number of nitriles is 1. The summed E-state index contributed by atoms with van der Waals surface area (Å²) in [5.41, 5.74) is -4.18. The Kier molecular flexibility index (Phi) is 7.78. The van der Waals surface area contributed by atoms with Gasteiger partial charge in [-0.25, -0.2) is 4.98 Å². The number of nitrogens with one attached hydrogen (secondary N) is 1. The number of nitrogens with zero attached hydrogens (tertiary/aromatic N) is 4. The second-order valence-corrected chi connectivity index (χ2v) is 14.1. The van der Waals surface area contributed by atoms with Crippen molar-refractivity contribution >= 4 is 46.7 Å². The third-order valence-corrected chi connectivity index (χ3v) is 10.7. The minimum Gasteiger partial charge on any atom is -0.340 e. The quantitative estimate of drug-likeness (QED) is 0.343. The molecule has 3 fully saturated rings. The number of thiophene rings is 1. The molecule has 3 aliphatic rings. The van der Waals surface area contributed by atoms with Crippen molar-refractivity contribution in [3.05, 3.63) is 64.3 Å². The predicted octanol–water partition coefficient (Wildman–Crippen LogP) is 3.66. The molecule has 0 aliphatic carbocycles. The molecular formula is C29H28F2N5O6PS. The van der Waals surface area contributed by atoms with Crippen LogP contribution in [0.3, 0.4) is 0 Å². The van der Waals surface area contributed by atoms with Gasteiger partial charge in [0.15, 0.2) is 0 Å². The highest BCUT2D eigenvalue weighted by molar-refractivity contribution is 7.52. The number of alkyl halides is 2. The number of fused-ring (bicyclic) bond motifs is 2. The average molecular weight is 644 g/mol. The molecule has 6 rings (SSSR count). The molecule has 3 N–H and O–H groups in total. The van der Waals surface area contributed by atoms with Crippen molar-refractivity contribution in [2.45, 2.75) is 61.8 Å². The first-order valence-electron chi connectivity index (χ1n) is 14.1. The van der Waals surface area contributed by atoms with E-state index in [2.05, 4.69) is 10.3 Å². The van der Waals surface area contributed by atoms with Crippen LogP contribution in [-0.2, 0) is 19.8 Å². The molecule has 1 aromatic carbocycles. The van der Waals surface area contributed by atoms with Crippen LogP contribution in [0.1, 0.15) is 64.6 Å². The van der Waals surface area contributed by atoms with Crippen molar-refractivity contribution in [2.24, 2.45) is 0 Å². The first-order chi connectivity index (χ1) is 20.9. The van der Waals surface area contributed by atoms with Crippen LogP contribution in [0.4, 0.5) is 8.78 Å². The van der Waals surface area contributed by atoms with Gasteiger partial charge in [0.1, 0.15) is 23.8 Å². The maximum atomic E-state index is 14.2. The average Bonchev–Trinajstić information content (AvgIpc) is 3.55. The van der Waals surface area contributed by atoms with Gasteiger partial charge in [0.2, 0.25) is 11.8 Å². The lowest BCUT2D eigenvalue weighted by molar-refractivity contribution is -0.148. The highest BCUT2D eigenvalue weighted by Crippen LogP contribution is 2.59. The lowest BCUT2D eigenvalue weighted by Gasteiger charge is -2.42. The summed E-state index contributed by atoms with van der Waals surface area (Å²) >= 11 is 1.01. The highest BCUT2D eigenvalue weighted by Gasteiger charge is 2.51. The normalized spacial score (nSPS) is 22.7. The Labute approximate surface area is 254 Å². The molecule has 0 bridgehead atoms. The summed E-state index contributed by atoms with van der Waals surface area (Å²) in [4.78, 5) is 66.4. The number of halogens is 2. The molecule has 3 amide bonds. The van der Waals surface area contributed by atoms with Crippen molar-refractivity contribution in [1.82, 2.24) is 20.1 Å². The minimum absolute atomic E-state index is 0.0109. The molecular weight excluding hydrogens is 615 g/mol. The summed E-state index contributed by atoms with van der Waals surface area (Å²) < 4.78 is 40.2. The zero-order valence-corrected chi connectivity index (χ0v) is 24.9. The van der Waals surface area contributed by atoms with E-state index in [1.807, 2.05) is 12.1 Å². The van der Waals surface area contributed by atoms with E-state index in [9.17, 15) is 27.7 Å². The second-order valence-electron chi connectivity index (χ2n) is 11.4. The van der Waals surface area contributed by atoms with Crippen molar-refractivity contribution < 1.29 is 37.5 Å². The molecule has 15 heteroatoms. The monoisotopic (exact) mass is 643 g/mol. The van der Waals surface area contributed by atoms with E-state index < -0.39 is 36.8 Å². The smallest absolute Gasteiger partial charge is 0.340 e. The lowest BCUT2D eigenvalue weighted by Crippen LogP contribution is -2.58. The van der Waals surface area contributed by atoms with Crippen LogP contribution in [0.15, 0.2) is 42.5 Å². The first kappa shape index (κ1) is 30.3. The number of likely N-dealkylation sites (tertiary alicyclic amines) is 1.